The second-order valence-corrected chi connectivity index (χ2v) is 16.5. The standard InChI is InChI=1S/C26H17ClFN5O.C17H10ClN3O2.C9H9FN2.CH3F.CH4.ClH/c27-21-9-18-5-15(6-19(12-29)25(18)32-14-21)7-22-10-17(2-3-30-22)26(34)33-13-20-8-16-1-4-31-24(16)11-23(20)28;18-14-6-12-3-10(4-13(8-19)16(12)21-9-14)5-15-7-11(17(22)23)1-2-20-15;10-8-4-9-6(1-2-12-9)3-7(8)5-11;1-2;;/h1-6,8-11,14,31H,7,13H2,(H,33,34);1-4,6-7,9H,5H2,(H,22,23);1-4,12H,5,11H2;1H3;1H4;1H/i;;;1D;;. The number of nitrogens with one attached hydrogen (secondary N) is 3. The molecule has 10 aromatic rings. The number of carbonyl (C=O) groups excluding carboxylic acids is 1. The molecule has 0 atom stereocenters. The number of aromatic carboxylic acids is 1. The van der Waals surface area contributed by atoms with E-state index in [4.69, 9.17) is 35.4 Å². The minimum atomic E-state index is -1.00. The first-order valence-electron chi connectivity index (χ1n) is 21.9. The van der Waals surface area contributed by atoms with E-state index in [1.807, 2.05) is 24.3 Å². The summed E-state index contributed by atoms with van der Waals surface area (Å²) >= 11 is 12.0. The van der Waals surface area contributed by atoms with Crippen LogP contribution in [0.15, 0.2) is 134 Å². The van der Waals surface area contributed by atoms with Gasteiger partial charge in [-0.25, -0.2) is 13.6 Å². The Morgan fingerprint density at radius 3 is 1.64 bits per heavy atom. The van der Waals surface area contributed by atoms with Gasteiger partial charge in [-0.2, -0.15) is 10.5 Å². The van der Waals surface area contributed by atoms with E-state index >= 15 is 0 Å². The van der Waals surface area contributed by atoms with Crippen molar-refractivity contribution < 1.29 is 29.2 Å². The van der Waals surface area contributed by atoms with Gasteiger partial charge in [0.2, 0.25) is 0 Å². The minimum absolute atomic E-state index is 0. The van der Waals surface area contributed by atoms with Crippen LogP contribution in [0.3, 0.4) is 0 Å². The van der Waals surface area contributed by atoms with Crippen LogP contribution in [0.1, 0.15) is 74.3 Å². The predicted molar refractivity (Wildman–Crippen MR) is 281 cm³/mol. The van der Waals surface area contributed by atoms with Crippen LogP contribution in [-0.4, -0.2) is 54.0 Å². The van der Waals surface area contributed by atoms with Crippen LogP contribution in [0, 0.1) is 34.3 Å². The van der Waals surface area contributed by atoms with Crippen molar-refractivity contribution in [2.24, 2.45) is 5.73 Å². The highest BCUT2D eigenvalue weighted by atomic mass is 35.5. The van der Waals surface area contributed by atoms with E-state index in [0.717, 1.165) is 38.2 Å². The van der Waals surface area contributed by atoms with E-state index in [1.54, 1.807) is 67.1 Å². The summed E-state index contributed by atoms with van der Waals surface area (Å²) < 4.78 is 42.9. The highest BCUT2D eigenvalue weighted by molar-refractivity contribution is 6.31. The lowest BCUT2D eigenvalue weighted by Gasteiger charge is -2.09. The number of aromatic amines is 2. The number of halogens is 6. The lowest BCUT2D eigenvalue weighted by Crippen LogP contribution is -2.23. The predicted octanol–water partition coefficient (Wildman–Crippen LogP) is 12.1. The Bertz CT molecular complexity index is 3710. The summed E-state index contributed by atoms with van der Waals surface area (Å²) in [6.07, 6.45) is 10.4. The number of hydrogen-bond acceptors (Lipinski definition) is 9. The summed E-state index contributed by atoms with van der Waals surface area (Å²) in [5, 5.41) is 35.0. The third-order valence-corrected chi connectivity index (χ3v) is 11.3. The van der Waals surface area contributed by atoms with Crippen LogP contribution in [0.4, 0.5) is 13.2 Å². The highest BCUT2D eigenvalue weighted by Crippen LogP contribution is 2.26. The fraction of sp³-hybridized carbons (Fsp3) is 0.111. The summed E-state index contributed by atoms with van der Waals surface area (Å²) in [7, 11) is -1.00. The van der Waals surface area contributed by atoms with Crippen LogP contribution in [0.2, 0.25) is 10.0 Å². The number of H-pyrrole nitrogens is 2. The number of aromatic nitrogens is 6. The molecule has 13 nitrogen and oxygen atoms in total. The zero-order valence-electron chi connectivity index (χ0n) is 38.6. The van der Waals surface area contributed by atoms with Gasteiger partial charge in [0.05, 0.1) is 46.3 Å². The van der Waals surface area contributed by atoms with Gasteiger partial charge in [-0.15, -0.1) is 12.4 Å². The van der Waals surface area contributed by atoms with Crippen molar-refractivity contribution in [1.82, 2.24) is 35.2 Å². The maximum absolute atomic E-state index is 14.3. The molecule has 6 aromatic heterocycles. The molecule has 6 N–H and O–H groups in total. The van der Waals surface area contributed by atoms with Crippen molar-refractivity contribution in [3.8, 4) is 12.1 Å². The molecular weight excluding hydrogens is 1000 g/mol. The Kier molecular flexibility index (Phi) is 19.0. The van der Waals surface area contributed by atoms with Gasteiger partial charge in [-0.1, -0.05) is 30.6 Å². The molecule has 6 heterocycles. The SMILES string of the molecule is C.Cl.N#Cc1cc(Cc2cc(C(=O)NCc3cc4cc[nH]c4cc3F)ccn2)cc2cc(Cl)cnc12.N#Cc1cc(Cc2cc(C(=O)O)ccn2)cc2cc(Cl)cnc12.NCc1cc2cc[nH]c2cc1F.[2H]CF. The molecule has 1 amide bonds. The molecule has 19 heteroatoms. The van der Waals surface area contributed by atoms with Crippen LogP contribution in [-0.2, 0) is 25.9 Å². The summed E-state index contributed by atoms with van der Waals surface area (Å²) in [6.45, 7) is 0.306. The first-order valence-corrected chi connectivity index (χ1v) is 22.0. The number of carboxylic acids is 1. The van der Waals surface area contributed by atoms with Gasteiger partial charge in [0, 0.05) is 113 Å². The molecule has 0 bridgehead atoms. The summed E-state index contributed by atoms with van der Waals surface area (Å²) in [4.78, 5) is 46.6. The molecule has 0 aliphatic carbocycles. The number of alkyl halides is 1. The zero-order chi connectivity index (χ0) is 51.3. The lowest BCUT2D eigenvalue weighted by atomic mass is 10.0. The van der Waals surface area contributed by atoms with E-state index < -0.39 is 13.1 Å². The zero-order valence-corrected chi connectivity index (χ0v) is 39.9. The molecule has 0 saturated heterocycles. The molecular formula is C54H44Cl3F3N10O3. The van der Waals surface area contributed by atoms with Gasteiger partial charge >= 0.3 is 5.97 Å². The number of amides is 1. The smallest absolute Gasteiger partial charge is 0.335 e. The maximum atomic E-state index is 14.3. The van der Waals surface area contributed by atoms with Gasteiger partial charge in [0.1, 0.15) is 23.8 Å². The Labute approximate surface area is 434 Å². The quantitative estimate of drug-likeness (QED) is 0.0919. The fourth-order valence-corrected chi connectivity index (χ4v) is 7.93. The molecule has 0 spiro atoms. The van der Waals surface area contributed by atoms with Crippen molar-refractivity contribution >= 4 is 91.1 Å². The highest BCUT2D eigenvalue weighted by Gasteiger charge is 2.14. The monoisotopic (exact) mass is 1040 g/mol. The minimum Gasteiger partial charge on any atom is -0.478 e. The molecule has 0 aliphatic heterocycles. The first-order chi connectivity index (χ1) is 34.8. The van der Waals surface area contributed by atoms with Crippen LogP contribution < -0.4 is 11.1 Å². The van der Waals surface area contributed by atoms with Crippen LogP contribution >= 0.6 is 35.6 Å². The average molecular weight is 1050 g/mol. The second kappa shape index (κ2) is 25.7. The van der Waals surface area contributed by atoms with E-state index in [0.29, 0.717) is 78.6 Å². The largest absolute Gasteiger partial charge is 0.478 e. The van der Waals surface area contributed by atoms with Crippen molar-refractivity contribution in [3.05, 3.63) is 212 Å². The van der Waals surface area contributed by atoms with Crippen molar-refractivity contribution in [3.63, 3.8) is 0 Å². The number of benzene rings is 4. The average Bonchev–Trinajstić information content (AvgIpc) is 4.04. The number of hydrogen-bond donors (Lipinski definition) is 5. The third-order valence-electron chi connectivity index (χ3n) is 10.9. The second-order valence-electron chi connectivity index (χ2n) is 15.6. The number of nitrogens with zero attached hydrogens (tertiary/aromatic N) is 6. The number of nitrogens with two attached hydrogens (primary N) is 1. The molecule has 0 aliphatic rings. The van der Waals surface area contributed by atoms with Gasteiger partial charge in [-0.05, 0) is 119 Å². The molecule has 73 heavy (non-hydrogen) atoms. The number of carbonyl (C=O) groups is 2. The molecule has 10 rings (SSSR count). The van der Waals surface area contributed by atoms with Crippen LogP contribution in [0.25, 0.3) is 43.6 Å². The first kappa shape index (κ1) is 54.0. The van der Waals surface area contributed by atoms with Gasteiger partial charge in [-0.3, -0.25) is 29.1 Å². The molecule has 4 aromatic carbocycles. The number of pyridine rings is 4. The Morgan fingerprint density at radius 2 is 1.16 bits per heavy atom. The van der Waals surface area contributed by atoms with Crippen LogP contribution in [0.5, 0.6) is 0 Å². The Morgan fingerprint density at radius 1 is 0.699 bits per heavy atom. The van der Waals surface area contributed by atoms with Crippen molar-refractivity contribution in [1.29, 1.82) is 10.5 Å². The lowest BCUT2D eigenvalue weighted by molar-refractivity contribution is 0.0696. The molecule has 0 fully saturated rings. The normalized spacial score (nSPS) is 10.4. The number of rotatable bonds is 9. The maximum Gasteiger partial charge on any atom is 0.335 e. The van der Waals surface area contributed by atoms with E-state index in [1.165, 1.54) is 42.9 Å². The number of fused-ring (bicyclic) bond motifs is 4. The van der Waals surface area contributed by atoms with E-state index in [9.17, 15) is 33.3 Å². The van der Waals surface area contributed by atoms with Gasteiger partial charge in [0.25, 0.3) is 5.91 Å². The molecule has 370 valence electrons. The third kappa shape index (κ3) is 13.7. The van der Waals surface area contributed by atoms with Crippen molar-refractivity contribution in [2.75, 3.05) is 7.15 Å². The summed E-state index contributed by atoms with van der Waals surface area (Å²) in [5.41, 5.74) is 13.5. The topological polar surface area (TPSA) is 223 Å². The Hall–Kier alpha value is -8.38. The molecule has 0 radical (unpaired) electrons. The summed E-state index contributed by atoms with van der Waals surface area (Å²) in [5.74, 6) is -1.96. The van der Waals surface area contributed by atoms with Gasteiger partial charge < -0.3 is 26.1 Å². The number of nitriles is 2. The van der Waals surface area contributed by atoms with E-state index in [2.05, 4.69) is 47.4 Å². The Balaban J connectivity index is 0.000000218. The number of carboxylic acid groups (broad SMARTS) is 1. The fourth-order valence-electron chi connectivity index (χ4n) is 7.60. The van der Waals surface area contributed by atoms with E-state index in [-0.39, 0.29) is 56.0 Å². The van der Waals surface area contributed by atoms with Gasteiger partial charge in [0.15, 0.2) is 0 Å². The molecule has 0 unspecified atom stereocenters. The van der Waals surface area contributed by atoms with Crippen molar-refractivity contribution in [2.45, 2.75) is 33.4 Å². The summed E-state index contributed by atoms with van der Waals surface area (Å²) in [6, 6.07) is 31.5. The molecule has 0 saturated carbocycles.